The van der Waals surface area contributed by atoms with Crippen LogP contribution in [-0.4, -0.2) is 75.6 Å². The van der Waals surface area contributed by atoms with E-state index in [0.717, 1.165) is 19.5 Å². The molecule has 5 nitrogen and oxygen atoms in total. The van der Waals surface area contributed by atoms with Crippen molar-refractivity contribution in [1.82, 2.24) is 9.80 Å². The third kappa shape index (κ3) is 5.00. The van der Waals surface area contributed by atoms with Gasteiger partial charge < -0.3 is 20.1 Å². The molecule has 1 aliphatic heterocycles. The van der Waals surface area contributed by atoms with Crippen molar-refractivity contribution in [3.8, 4) is 0 Å². The first kappa shape index (κ1) is 16.9. The second-order valence-electron chi connectivity index (χ2n) is 5.78. The van der Waals surface area contributed by atoms with Gasteiger partial charge in [0.1, 0.15) is 0 Å². The molecular weight excluding hydrogens is 242 g/mol. The summed E-state index contributed by atoms with van der Waals surface area (Å²) in [5.74, 6) is 0. The van der Waals surface area contributed by atoms with Crippen molar-refractivity contribution in [3.05, 3.63) is 0 Å². The summed E-state index contributed by atoms with van der Waals surface area (Å²) in [4.78, 5) is 4.87. The van der Waals surface area contributed by atoms with E-state index < -0.39 is 0 Å². The van der Waals surface area contributed by atoms with E-state index in [1.165, 1.54) is 25.9 Å². The molecule has 1 atom stereocenters. The number of ether oxygens (including phenoxy) is 2. The molecule has 114 valence electrons. The van der Waals surface area contributed by atoms with Gasteiger partial charge in [-0.1, -0.05) is 0 Å². The molecule has 2 N–H and O–H groups in total. The molecule has 1 unspecified atom stereocenters. The summed E-state index contributed by atoms with van der Waals surface area (Å²) >= 11 is 0. The second kappa shape index (κ2) is 8.17. The molecule has 0 bridgehead atoms. The molecule has 1 fully saturated rings. The van der Waals surface area contributed by atoms with Gasteiger partial charge in [-0.05, 0) is 39.9 Å². The van der Waals surface area contributed by atoms with Crippen molar-refractivity contribution in [2.45, 2.75) is 38.0 Å². The molecule has 0 amide bonds. The van der Waals surface area contributed by atoms with Crippen molar-refractivity contribution in [1.29, 1.82) is 0 Å². The predicted octanol–water partition coefficient (Wildman–Crippen LogP) is 0.740. The van der Waals surface area contributed by atoms with Crippen LogP contribution in [0.4, 0.5) is 0 Å². The van der Waals surface area contributed by atoms with Gasteiger partial charge >= 0.3 is 0 Å². The summed E-state index contributed by atoms with van der Waals surface area (Å²) < 4.78 is 10.6. The summed E-state index contributed by atoms with van der Waals surface area (Å²) in [5, 5.41) is 0. The largest absolute Gasteiger partial charge is 0.356 e. The van der Waals surface area contributed by atoms with Crippen LogP contribution in [0.5, 0.6) is 0 Å². The Labute approximate surface area is 118 Å². The van der Waals surface area contributed by atoms with Crippen molar-refractivity contribution < 1.29 is 9.47 Å². The highest BCUT2D eigenvalue weighted by atomic mass is 16.7. The minimum absolute atomic E-state index is 0.0869. The fourth-order valence-corrected chi connectivity index (χ4v) is 2.58. The zero-order chi connectivity index (χ0) is 14.3. The maximum Gasteiger partial charge on any atom is 0.158 e. The average molecular weight is 273 g/mol. The third-order valence-corrected chi connectivity index (χ3v) is 4.44. The molecule has 1 aliphatic rings. The van der Waals surface area contributed by atoms with Crippen molar-refractivity contribution in [2.24, 2.45) is 5.73 Å². The van der Waals surface area contributed by atoms with E-state index >= 15 is 0 Å². The molecule has 0 aromatic heterocycles. The summed E-state index contributed by atoms with van der Waals surface area (Å²) in [6, 6.07) is 0. The Kier molecular flexibility index (Phi) is 7.25. The molecule has 1 saturated heterocycles. The molecule has 0 aliphatic carbocycles. The molecule has 0 saturated carbocycles. The van der Waals surface area contributed by atoms with E-state index in [9.17, 15) is 0 Å². The second-order valence-corrected chi connectivity index (χ2v) is 5.78. The fourth-order valence-electron chi connectivity index (χ4n) is 2.58. The van der Waals surface area contributed by atoms with E-state index in [4.69, 9.17) is 15.2 Å². The van der Waals surface area contributed by atoms with E-state index in [1.807, 2.05) is 0 Å². The average Bonchev–Trinajstić information content (AvgIpc) is 2.95. The zero-order valence-electron chi connectivity index (χ0n) is 13.0. The standard InChI is InChI=1S/C14H31N3O2/c1-14(12-15,11-13(18-3)19-4)16(2)9-10-17-7-5-6-8-17/h13H,5-12,15H2,1-4H3. The Bertz CT molecular complexity index is 243. The van der Waals surface area contributed by atoms with Crippen LogP contribution in [0.15, 0.2) is 0 Å². The van der Waals surface area contributed by atoms with Gasteiger partial charge in [0.25, 0.3) is 0 Å². The molecule has 0 radical (unpaired) electrons. The Hall–Kier alpha value is -0.200. The minimum Gasteiger partial charge on any atom is -0.356 e. The van der Waals surface area contributed by atoms with E-state index in [2.05, 4.69) is 23.8 Å². The van der Waals surface area contributed by atoms with Gasteiger partial charge in [0, 0.05) is 45.8 Å². The van der Waals surface area contributed by atoms with Gasteiger partial charge in [-0.25, -0.2) is 0 Å². The first-order valence-corrected chi connectivity index (χ1v) is 7.25. The van der Waals surface area contributed by atoms with Gasteiger partial charge in [-0.3, -0.25) is 4.90 Å². The lowest BCUT2D eigenvalue weighted by Gasteiger charge is -2.40. The maximum atomic E-state index is 5.98. The van der Waals surface area contributed by atoms with E-state index in [1.54, 1.807) is 14.2 Å². The Morgan fingerprint density at radius 1 is 1.26 bits per heavy atom. The molecule has 19 heavy (non-hydrogen) atoms. The summed E-state index contributed by atoms with van der Waals surface area (Å²) in [7, 11) is 5.50. The van der Waals surface area contributed by atoms with Crippen LogP contribution in [0.1, 0.15) is 26.2 Å². The van der Waals surface area contributed by atoms with Gasteiger partial charge in [0.15, 0.2) is 6.29 Å². The van der Waals surface area contributed by atoms with Gasteiger partial charge in [-0.2, -0.15) is 0 Å². The number of hydrogen-bond donors (Lipinski definition) is 1. The fraction of sp³-hybridized carbons (Fsp3) is 1.00. The number of hydrogen-bond acceptors (Lipinski definition) is 5. The van der Waals surface area contributed by atoms with E-state index in [0.29, 0.717) is 6.54 Å². The van der Waals surface area contributed by atoms with Crippen molar-refractivity contribution >= 4 is 0 Å². The first-order chi connectivity index (χ1) is 9.05. The number of likely N-dealkylation sites (N-methyl/N-ethyl adjacent to an activating group) is 1. The molecule has 0 aromatic carbocycles. The molecular formula is C14H31N3O2. The van der Waals surface area contributed by atoms with Crippen LogP contribution < -0.4 is 5.73 Å². The smallest absolute Gasteiger partial charge is 0.158 e. The lowest BCUT2D eigenvalue weighted by atomic mass is 9.95. The van der Waals surface area contributed by atoms with Crippen LogP contribution >= 0.6 is 0 Å². The SMILES string of the molecule is COC(CC(C)(CN)N(C)CCN1CCCC1)OC. The highest BCUT2D eigenvalue weighted by molar-refractivity contribution is 4.87. The molecule has 1 heterocycles. The molecule has 1 rings (SSSR count). The summed E-state index contributed by atoms with van der Waals surface area (Å²) in [6.45, 7) is 7.43. The van der Waals surface area contributed by atoms with E-state index in [-0.39, 0.29) is 11.8 Å². The third-order valence-electron chi connectivity index (χ3n) is 4.44. The highest BCUT2D eigenvalue weighted by Gasteiger charge is 2.31. The number of likely N-dealkylation sites (tertiary alicyclic amines) is 1. The number of nitrogens with two attached hydrogens (primary N) is 1. The van der Waals surface area contributed by atoms with Crippen LogP contribution in [0.3, 0.4) is 0 Å². The summed E-state index contributed by atoms with van der Waals surface area (Å²) in [5.41, 5.74) is 5.90. The predicted molar refractivity (Wildman–Crippen MR) is 78.2 cm³/mol. The number of rotatable bonds is 9. The quantitative estimate of drug-likeness (QED) is 0.628. The minimum atomic E-state index is -0.192. The zero-order valence-corrected chi connectivity index (χ0v) is 13.0. The normalized spacial score (nSPS) is 20.4. The van der Waals surface area contributed by atoms with Gasteiger partial charge in [-0.15, -0.1) is 0 Å². The maximum absolute atomic E-state index is 5.98. The number of methoxy groups -OCH3 is 2. The van der Waals surface area contributed by atoms with Crippen molar-refractivity contribution in [3.63, 3.8) is 0 Å². The van der Waals surface area contributed by atoms with Crippen LogP contribution in [0, 0.1) is 0 Å². The van der Waals surface area contributed by atoms with Gasteiger partial charge in [0.2, 0.25) is 0 Å². The van der Waals surface area contributed by atoms with Crippen LogP contribution in [0.25, 0.3) is 0 Å². The molecule has 5 heteroatoms. The number of nitrogens with zero attached hydrogens (tertiary/aromatic N) is 2. The van der Waals surface area contributed by atoms with Crippen LogP contribution in [0.2, 0.25) is 0 Å². The Balaban J connectivity index is 2.45. The highest BCUT2D eigenvalue weighted by Crippen LogP contribution is 2.20. The van der Waals surface area contributed by atoms with Gasteiger partial charge in [0.05, 0.1) is 0 Å². The summed E-state index contributed by atoms with van der Waals surface area (Å²) in [6.07, 6.45) is 3.27. The Morgan fingerprint density at radius 2 is 1.84 bits per heavy atom. The van der Waals surface area contributed by atoms with Crippen LogP contribution in [-0.2, 0) is 9.47 Å². The Morgan fingerprint density at radius 3 is 2.32 bits per heavy atom. The van der Waals surface area contributed by atoms with Crippen molar-refractivity contribution in [2.75, 3.05) is 54.0 Å². The first-order valence-electron chi connectivity index (χ1n) is 7.25. The molecule has 0 aromatic rings. The lowest BCUT2D eigenvalue weighted by Crippen LogP contribution is -2.53. The monoisotopic (exact) mass is 273 g/mol. The molecule has 0 spiro atoms. The topological polar surface area (TPSA) is 51.0 Å². The lowest BCUT2D eigenvalue weighted by molar-refractivity contribution is -0.127.